The van der Waals surface area contributed by atoms with Crippen molar-refractivity contribution in [3.8, 4) is 17.0 Å². The van der Waals surface area contributed by atoms with Crippen LogP contribution >= 0.6 is 11.6 Å². The second-order valence-electron chi connectivity index (χ2n) is 8.85. The van der Waals surface area contributed by atoms with Gasteiger partial charge in [0, 0.05) is 41.9 Å². The highest BCUT2D eigenvalue weighted by atomic mass is 35.5. The lowest BCUT2D eigenvalue weighted by molar-refractivity contribution is -0.122. The van der Waals surface area contributed by atoms with Crippen molar-refractivity contribution in [2.24, 2.45) is 13.0 Å². The number of aryl methyl sites for hydroxylation is 1. The molecule has 2 aliphatic rings. The Morgan fingerprint density at radius 3 is 2.83 bits per heavy atom. The molecule has 1 fully saturated rings. The van der Waals surface area contributed by atoms with Crippen LogP contribution in [0.4, 0.5) is 8.78 Å². The zero-order valence-electron chi connectivity index (χ0n) is 19.0. The zero-order valence-corrected chi connectivity index (χ0v) is 19.7. The average Bonchev–Trinajstić information content (AvgIpc) is 3.61. The van der Waals surface area contributed by atoms with E-state index in [1.54, 1.807) is 29.9 Å². The second kappa shape index (κ2) is 9.30. The van der Waals surface area contributed by atoms with E-state index in [-0.39, 0.29) is 36.9 Å². The van der Waals surface area contributed by atoms with E-state index < -0.39 is 17.5 Å². The number of carbonyl (C=O) groups excluding carboxylic acids is 2. The SMILES string of the molecule is Cn1nc(C(=O)N(CC(=O)NCC2CC2)Cc2cccc(F)c2F)c2c1-c1cc(Cl)ccc1OC2. The van der Waals surface area contributed by atoms with Gasteiger partial charge in [-0.3, -0.25) is 14.3 Å². The maximum absolute atomic E-state index is 14.4. The fourth-order valence-corrected chi connectivity index (χ4v) is 4.38. The van der Waals surface area contributed by atoms with E-state index in [9.17, 15) is 18.4 Å². The van der Waals surface area contributed by atoms with Crippen LogP contribution in [0, 0.1) is 17.6 Å². The molecule has 2 amide bonds. The van der Waals surface area contributed by atoms with E-state index in [1.165, 1.54) is 17.0 Å². The van der Waals surface area contributed by atoms with E-state index in [1.807, 2.05) is 0 Å². The first kappa shape index (κ1) is 23.3. The summed E-state index contributed by atoms with van der Waals surface area (Å²) in [5.74, 6) is -1.97. The fourth-order valence-electron chi connectivity index (χ4n) is 4.21. The number of fused-ring (bicyclic) bond motifs is 3. The van der Waals surface area contributed by atoms with E-state index in [4.69, 9.17) is 16.3 Å². The summed E-state index contributed by atoms with van der Waals surface area (Å²) in [5.41, 5.74) is 1.95. The van der Waals surface area contributed by atoms with Gasteiger partial charge in [0.15, 0.2) is 17.3 Å². The van der Waals surface area contributed by atoms with Crippen LogP contribution in [0.25, 0.3) is 11.3 Å². The minimum Gasteiger partial charge on any atom is -0.488 e. The molecule has 1 saturated carbocycles. The Morgan fingerprint density at radius 1 is 1.26 bits per heavy atom. The van der Waals surface area contributed by atoms with E-state index in [0.29, 0.717) is 40.1 Å². The Bertz CT molecular complexity index is 1320. The van der Waals surface area contributed by atoms with Gasteiger partial charge in [0.2, 0.25) is 5.91 Å². The molecule has 0 atom stereocenters. The van der Waals surface area contributed by atoms with Crippen molar-refractivity contribution in [1.29, 1.82) is 0 Å². The molecule has 182 valence electrons. The predicted molar refractivity (Wildman–Crippen MR) is 125 cm³/mol. The number of ether oxygens (including phenoxy) is 1. The minimum absolute atomic E-state index is 0.0356. The molecule has 2 heterocycles. The van der Waals surface area contributed by atoms with Gasteiger partial charge >= 0.3 is 0 Å². The molecule has 0 unspecified atom stereocenters. The smallest absolute Gasteiger partial charge is 0.275 e. The van der Waals surface area contributed by atoms with Crippen molar-refractivity contribution < 1.29 is 23.1 Å². The summed E-state index contributed by atoms with van der Waals surface area (Å²) in [7, 11) is 1.70. The Labute approximate surface area is 205 Å². The van der Waals surface area contributed by atoms with Crippen LogP contribution in [-0.2, 0) is 25.0 Å². The van der Waals surface area contributed by atoms with Gasteiger partial charge in [-0.1, -0.05) is 23.7 Å². The summed E-state index contributed by atoms with van der Waals surface area (Å²) in [4.78, 5) is 27.5. The number of carbonyl (C=O) groups is 2. The van der Waals surface area contributed by atoms with Gasteiger partial charge in [0.25, 0.3) is 5.91 Å². The van der Waals surface area contributed by atoms with Crippen molar-refractivity contribution in [2.75, 3.05) is 13.1 Å². The number of nitrogens with one attached hydrogen (secondary N) is 1. The molecule has 2 aromatic carbocycles. The first-order valence-electron chi connectivity index (χ1n) is 11.3. The number of hydrogen-bond acceptors (Lipinski definition) is 4. The predicted octanol–water partition coefficient (Wildman–Crippen LogP) is 4.08. The molecule has 7 nitrogen and oxygen atoms in total. The lowest BCUT2D eigenvalue weighted by Crippen LogP contribution is -2.41. The van der Waals surface area contributed by atoms with Gasteiger partial charge in [-0.05, 0) is 43.0 Å². The number of rotatable bonds is 7. The Morgan fingerprint density at radius 2 is 2.06 bits per heavy atom. The lowest BCUT2D eigenvalue weighted by atomic mass is 10.0. The fraction of sp³-hybridized carbons (Fsp3) is 0.320. The highest BCUT2D eigenvalue weighted by Crippen LogP contribution is 2.40. The van der Waals surface area contributed by atoms with Crippen LogP contribution < -0.4 is 10.1 Å². The van der Waals surface area contributed by atoms with Gasteiger partial charge in [0.05, 0.1) is 5.69 Å². The van der Waals surface area contributed by atoms with Crippen molar-refractivity contribution in [3.05, 3.63) is 69.9 Å². The highest BCUT2D eigenvalue weighted by Gasteiger charge is 2.32. The standard InChI is InChI=1S/C25H23ClF2N4O3/c1-31-24-17-9-16(26)7-8-20(17)35-13-18(24)23(30-31)25(34)32(12-21(33)29-10-14-5-6-14)11-15-3-2-4-19(27)22(15)28/h2-4,7-9,14H,5-6,10-13H2,1H3,(H,29,33). The molecule has 0 saturated heterocycles. The molecule has 10 heteroatoms. The molecule has 5 rings (SSSR count). The molecule has 1 aliphatic carbocycles. The first-order chi connectivity index (χ1) is 16.8. The minimum atomic E-state index is -1.06. The van der Waals surface area contributed by atoms with Crippen molar-refractivity contribution in [2.45, 2.75) is 26.0 Å². The van der Waals surface area contributed by atoms with Crippen LogP contribution in [0.2, 0.25) is 5.02 Å². The molecular weight excluding hydrogens is 478 g/mol. The second-order valence-corrected chi connectivity index (χ2v) is 9.29. The Hall–Kier alpha value is -3.46. The summed E-state index contributed by atoms with van der Waals surface area (Å²) in [6, 6.07) is 8.94. The van der Waals surface area contributed by atoms with Crippen LogP contribution in [0.5, 0.6) is 5.75 Å². The molecule has 35 heavy (non-hydrogen) atoms. The Kier molecular flexibility index (Phi) is 6.19. The third kappa shape index (κ3) is 4.73. The molecule has 1 aromatic heterocycles. The van der Waals surface area contributed by atoms with E-state index in [0.717, 1.165) is 18.9 Å². The zero-order chi connectivity index (χ0) is 24.7. The number of amides is 2. The summed E-state index contributed by atoms with van der Waals surface area (Å²) >= 11 is 6.18. The third-order valence-electron chi connectivity index (χ3n) is 6.22. The molecule has 0 radical (unpaired) electrons. The monoisotopic (exact) mass is 500 g/mol. The van der Waals surface area contributed by atoms with Crippen LogP contribution in [0.3, 0.4) is 0 Å². The third-order valence-corrected chi connectivity index (χ3v) is 6.45. The lowest BCUT2D eigenvalue weighted by Gasteiger charge is -2.23. The Balaban J connectivity index is 1.48. The van der Waals surface area contributed by atoms with Crippen molar-refractivity contribution >= 4 is 23.4 Å². The summed E-state index contributed by atoms with van der Waals surface area (Å²) in [6.07, 6.45) is 2.12. The number of nitrogens with zero attached hydrogens (tertiary/aromatic N) is 3. The van der Waals surface area contributed by atoms with Gasteiger partial charge in [-0.15, -0.1) is 0 Å². The molecule has 0 spiro atoms. The molecule has 0 bridgehead atoms. The molecular formula is C25H23ClF2N4O3. The quantitative estimate of drug-likeness (QED) is 0.530. The summed E-state index contributed by atoms with van der Waals surface area (Å²) < 4.78 is 35.7. The molecule has 1 aliphatic heterocycles. The topological polar surface area (TPSA) is 76.5 Å². The normalized spacial score (nSPS) is 14.1. The van der Waals surface area contributed by atoms with Crippen molar-refractivity contribution in [3.63, 3.8) is 0 Å². The first-order valence-corrected chi connectivity index (χ1v) is 11.7. The summed E-state index contributed by atoms with van der Waals surface area (Å²) in [6.45, 7) is -0.00149. The maximum Gasteiger partial charge on any atom is 0.275 e. The van der Waals surface area contributed by atoms with Gasteiger partial charge in [-0.25, -0.2) is 8.78 Å². The maximum atomic E-state index is 14.4. The molecule has 1 N–H and O–H groups in total. The largest absolute Gasteiger partial charge is 0.488 e. The summed E-state index contributed by atoms with van der Waals surface area (Å²) in [5, 5.41) is 7.74. The van der Waals surface area contributed by atoms with Gasteiger partial charge in [0.1, 0.15) is 18.9 Å². The highest BCUT2D eigenvalue weighted by molar-refractivity contribution is 6.31. The van der Waals surface area contributed by atoms with Crippen LogP contribution in [0.1, 0.15) is 34.5 Å². The number of benzene rings is 2. The van der Waals surface area contributed by atoms with Crippen LogP contribution in [-0.4, -0.2) is 39.6 Å². The number of aromatic nitrogens is 2. The number of hydrogen-bond donors (Lipinski definition) is 1. The molecule has 3 aromatic rings. The van der Waals surface area contributed by atoms with Gasteiger partial charge in [-0.2, -0.15) is 5.10 Å². The van der Waals surface area contributed by atoms with E-state index >= 15 is 0 Å². The van der Waals surface area contributed by atoms with Gasteiger partial charge < -0.3 is 15.0 Å². The van der Waals surface area contributed by atoms with E-state index in [2.05, 4.69) is 10.4 Å². The van der Waals surface area contributed by atoms with Crippen LogP contribution in [0.15, 0.2) is 36.4 Å². The average molecular weight is 501 g/mol. The number of halogens is 3. The van der Waals surface area contributed by atoms with Crippen molar-refractivity contribution in [1.82, 2.24) is 20.0 Å².